The molecule has 4 nitrogen and oxygen atoms in total. The molecule has 0 radical (unpaired) electrons. The second-order valence-electron chi connectivity index (χ2n) is 5.20. The maximum atomic E-state index is 5.60. The summed E-state index contributed by atoms with van der Waals surface area (Å²) in [7, 11) is 0. The maximum absolute atomic E-state index is 5.60. The van der Waals surface area contributed by atoms with Crippen LogP contribution in [0.25, 0.3) is 0 Å². The molecule has 1 aromatic heterocycles. The topological polar surface area (TPSA) is 39.1 Å². The van der Waals surface area contributed by atoms with Crippen LogP contribution in [0.2, 0.25) is 0 Å². The molecule has 1 aliphatic heterocycles. The lowest BCUT2D eigenvalue weighted by molar-refractivity contribution is 0.101. The van der Waals surface area contributed by atoms with Gasteiger partial charge in [-0.15, -0.1) is 0 Å². The van der Waals surface area contributed by atoms with E-state index < -0.39 is 0 Å². The van der Waals surface area contributed by atoms with Gasteiger partial charge in [0.1, 0.15) is 0 Å². The zero-order chi connectivity index (χ0) is 12.3. The fourth-order valence-corrected chi connectivity index (χ4v) is 2.24. The van der Waals surface area contributed by atoms with Gasteiger partial charge < -0.3 is 14.6 Å². The summed E-state index contributed by atoms with van der Waals surface area (Å²) in [6, 6.07) is 0.507. The van der Waals surface area contributed by atoms with Gasteiger partial charge in [0.05, 0.1) is 18.1 Å². The van der Waals surface area contributed by atoms with Gasteiger partial charge in [-0.05, 0) is 13.3 Å². The van der Waals surface area contributed by atoms with Crippen LogP contribution in [-0.4, -0.2) is 28.3 Å². The number of nitrogens with zero attached hydrogens (tertiary/aromatic N) is 2. The second-order valence-corrected chi connectivity index (χ2v) is 5.20. The van der Waals surface area contributed by atoms with E-state index in [0.717, 1.165) is 26.1 Å². The number of ether oxygens (including phenoxy) is 1. The third kappa shape index (κ3) is 3.30. The molecule has 0 bridgehead atoms. The van der Waals surface area contributed by atoms with Gasteiger partial charge >= 0.3 is 0 Å². The summed E-state index contributed by atoms with van der Waals surface area (Å²) < 4.78 is 7.86. The monoisotopic (exact) mass is 237 g/mol. The van der Waals surface area contributed by atoms with E-state index in [9.17, 15) is 0 Å². The fourth-order valence-electron chi connectivity index (χ4n) is 2.24. The number of rotatable bonds is 5. The van der Waals surface area contributed by atoms with E-state index in [1.54, 1.807) is 0 Å². The third-order valence-corrected chi connectivity index (χ3v) is 3.45. The van der Waals surface area contributed by atoms with Gasteiger partial charge in [-0.25, -0.2) is 4.98 Å². The van der Waals surface area contributed by atoms with Crippen molar-refractivity contribution in [3.63, 3.8) is 0 Å². The summed E-state index contributed by atoms with van der Waals surface area (Å²) in [6.07, 6.45) is 5.43. The van der Waals surface area contributed by atoms with Gasteiger partial charge in [0.25, 0.3) is 0 Å². The Morgan fingerprint density at radius 2 is 2.41 bits per heavy atom. The van der Waals surface area contributed by atoms with Crippen molar-refractivity contribution in [3.8, 4) is 0 Å². The molecule has 2 atom stereocenters. The van der Waals surface area contributed by atoms with Crippen LogP contribution in [0.1, 0.15) is 32.9 Å². The van der Waals surface area contributed by atoms with E-state index >= 15 is 0 Å². The number of aromatic nitrogens is 2. The van der Waals surface area contributed by atoms with E-state index in [1.165, 1.54) is 5.69 Å². The van der Waals surface area contributed by atoms with Crippen molar-refractivity contribution in [1.82, 2.24) is 14.9 Å². The molecule has 1 N–H and O–H groups in total. The van der Waals surface area contributed by atoms with Crippen LogP contribution in [0.3, 0.4) is 0 Å². The summed E-state index contributed by atoms with van der Waals surface area (Å²) >= 11 is 0. The number of hydrogen-bond acceptors (Lipinski definition) is 3. The van der Waals surface area contributed by atoms with Crippen LogP contribution in [0.15, 0.2) is 12.5 Å². The van der Waals surface area contributed by atoms with E-state index in [2.05, 4.69) is 35.6 Å². The molecule has 1 fully saturated rings. The molecule has 4 heteroatoms. The van der Waals surface area contributed by atoms with Gasteiger partial charge in [0.2, 0.25) is 0 Å². The average Bonchev–Trinajstić information content (AvgIpc) is 2.87. The summed E-state index contributed by atoms with van der Waals surface area (Å²) in [4.78, 5) is 4.25. The SMILES string of the molecule is CC(C)NCc1cncn1CC1CCOC1C. The van der Waals surface area contributed by atoms with Crippen LogP contribution in [0, 0.1) is 5.92 Å². The second kappa shape index (κ2) is 5.65. The largest absolute Gasteiger partial charge is 0.378 e. The van der Waals surface area contributed by atoms with Crippen LogP contribution in [0.5, 0.6) is 0 Å². The predicted octanol–water partition coefficient (Wildman–Crippen LogP) is 1.81. The Morgan fingerprint density at radius 1 is 1.59 bits per heavy atom. The summed E-state index contributed by atoms with van der Waals surface area (Å²) in [5.41, 5.74) is 1.26. The van der Waals surface area contributed by atoms with Crippen molar-refractivity contribution in [1.29, 1.82) is 0 Å². The Bertz CT molecular complexity index is 348. The molecule has 17 heavy (non-hydrogen) atoms. The van der Waals surface area contributed by atoms with Gasteiger partial charge in [0, 0.05) is 37.9 Å². The molecule has 0 aliphatic carbocycles. The molecule has 1 saturated heterocycles. The Balaban J connectivity index is 1.94. The molecule has 2 rings (SSSR count). The van der Waals surface area contributed by atoms with E-state index in [4.69, 9.17) is 4.74 Å². The first-order chi connectivity index (χ1) is 8.16. The number of hydrogen-bond donors (Lipinski definition) is 1. The molecule has 1 aromatic rings. The molecule has 2 unspecified atom stereocenters. The van der Waals surface area contributed by atoms with Gasteiger partial charge in [-0.1, -0.05) is 13.8 Å². The average molecular weight is 237 g/mol. The molecule has 0 saturated carbocycles. The molecule has 0 spiro atoms. The Morgan fingerprint density at radius 3 is 3.06 bits per heavy atom. The zero-order valence-corrected chi connectivity index (χ0v) is 11.0. The number of nitrogens with one attached hydrogen (secondary N) is 1. The molecule has 2 heterocycles. The molecule has 0 aromatic carbocycles. The molecule has 96 valence electrons. The lowest BCUT2D eigenvalue weighted by Crippen LogP contribution is -2.25. The predicted molar refractivity (Wildman–Crippen MR) is 67.7 cm³/mol. The molecule has 1 aliphatic rings. The van der Waals surface area contributed by atoms with Crippen molar-refractivity contribution in [2.24, 2.45) is 5.92 Å². The minimum atomic E-state index is 0.378. The van der Waals surface area contributed by atoms with Crippen molar-refractivity contribution in [3.05, 3.63) is 18.2 Å². The lowest BCUT2D eigenvalue weighted by Gasteiger charge is -2.17. The zero-order valence-electron chi connectivity index (χ0n) is 11.0. The first-order valence-corrected chi connectivity index (χ1v) is 6.51. The highest BCUT2D eigenvalue weighted by molar-refractivity contribution is 4.99. The third-order valence-electron chi connectivity index (χ3n) is 3.45. The van der Waals surface area contributed by atoms with Crippen LogP contribution in [0.4, 0.5) is 0 Å². The van der Waals surface area contributed by atoms with Gasteiger partial charge in [-0.2, -0.15) is 0 Å². The summed E-state index contributed by atoms with van der Waals surface area (Å²) in [5.74, 6) is 0.627. The molecule has 0 amide bonds. The quantitative estimate of drug-likeness (QED) is 0.849. The number of imidazole rings is 1. The summed E-state index contributed by atoms with van der Waals surface area (Å²) in [6.45, 7) is 9.30. The Kier molecular flexibility index (Phi) is 4.18. The molecular weight excluding hydrogens is 214 g/mol. The normalized spacial score (nSPS) is 24.7. The van der Waals surface area contributed by atoms with Crippen molar-refractivity contribution < 1.29 is 4.74 Å². The van der Waals surface area contributed by atoms with Crippen molar-refractivity contribution >= 4 is 0 Å². The van der Waals surface area contributed by atoms with Crippen molar-refractivity contribution in [2.75, 3.05) is 6.61 Å². The van der Waals surface area contributed by atoms with Gasteiger partial charge in [0.15, 0.2) is 0 Å². The highest BCUT2D eigenvalue weighted by Crippen LogP contribution is 2.22. The first-order valence-electron chi connectivity index (χ1n) is 6.51. The van der Waals surface area contributed by atoms with E-state index in [-0.39, 0.29) is 0 Å². The van der Waals surface area contributed by atoms with Crippen LogP contribution >= 0.6 is 0 Å². The minimum absolute atomic E-state index is 0.378. The Hall–Kier alpha value is -0.870. The fraction of sp³-hybridized carbons (Fsp3) is 0.769. The van der Waals surface area contributed by atoms with E-state index in [1.807, 2.05) is 12.5 Å². The minimum Gasteiger partial charge on any atom is -0.378 e. The van der Waals surface area contributed by atoms with Crippen LogP contribution < -0.4 is 5.32 Å². The molecular formula is C13H23N3O. The van der Waals surface area contributed by atoms with Crippen molar-refractivity contribution in [2.45, 2.75) is 52.4 Å². The van der Waals surface area contributed by atoms with Crippen LogP contribution in [-0.2, 0) is 17.8 Å². The van der Waals surface area contributed by atoms with E-state index in [0.29, 0.717) is 18.1 Å². The maximum Gasteiger partial charge on any atom is 0.0948 e. The first kappa shape index (κ1) is 12.6. The Labute approximate surface area is 103 Å². The lowest BCUT2D eigenvalue weighted by atomic mass is 10.0. The highest BCUT2D eigenvalue weighted by Gasteiger charge is 2.24. The summed E-state index contributed by atoms with van der Waals surface area (Å²) in [5, 5.41) is 3.43. The van der Waals surface area contributed by atoms with Gasteiger partial charge in [-0.3, -0.25) is 0 Å². The smallest absolute Gasteiger partial charge is 0.0948 e. The standard InChI is InChI=1S/C13H23N3O/c1-10(2)15-7-13-6-14-9-16(13)8-12-4-5-17-11(12)3/h6,9-12,15H,4-5,7-8H2,1-3H3. The highest BCUT2D eigenvalue weighted by atomic mass is 16.5.